The molecule has 9 nitrogen and oxygen atoms in total. The molecule has 0 aromatic carbocycles. The molecule has 0 rings (SSSR count). The molecule has 11 heteroatoms. The number of phosphoric ester groups is 1. The topological polar surface area (TPSA) is 165 Å². The van der Waals surface area contributed by atoms with Crippen LogP contribution < -0.4 is 0 Å². The fraction of sp³-hybridized carbons (Fsp3) is 0.833. The number of hydrogen-bond donors (Lipinski definition) is 6. The zero-order valence-corrected chi connectivity index (χ0v) is 8.90. The summed E-state index contributed by atoms with van der Waals surface area (Å²) < 4.78 is 14.1. The summed E-state index contributed by atoms with van der Waals surface area (Å²) in [5, 5.41) is 35.6. The van der Waals surface area contributed by atoms with Crippen LogP contribution >= 0.6 is 7.82 Å². The van der Waals surface area contributed by atoms with Gasteiger partial charge in [-0.15, -0.1) is 0 Å². The van der Waals surface area contributed by atoms with Crippen LogP contribution in [0.5, 0.6) is 0 Å². The number of hydrogen-bond acceptors (Lipinski definition) is 7. The van der Waals surface area contributed by atoms with Crippen molar-refractivity contribution in [3.8, 4) is 0 Å². The second-order valence-corrected chi connectivity index (χ2v) is 4.15. The number of ketones is 1. The summed E-state index contributed by atoms with van der Waals surface area (Å²) in [6, 6.07) is 0. The minimum absolute atomic E-state index is 0. The average Bonchev–Trinajstić information content (AvgIpc) is 2.21. The second-order valence-electron chi connectivity index (χ2n) is 2.91. The summed E-state index contributed by atoms with van der Waals surface area (Å²) in [5.74, 6) is -1.14. The quantitative estimate of drug-likeness (QED) is 0.203. The Kier molecular flexibility index (Phi) is 11.1. The molecule has 0 saturated carbocycles. The first kappa shape index (κ1) is 20.6. The summed E-state index contributed by atoms with van der Waals surface area (Å²) in [5.41, 5.74) is 0. The predicted octanol–water partition coefficient (Wildman–Crippen LogP) is -3.91. The molecule has 17 heavy (non-hydrogen) atoms. The van der Waals surface area contributed by atoms with E-state index in [1.807, 2.05) is 0 Å². The summed E-state index contributed by atoms with van der Waals surface area (Å²) >= 11 is 0. The van der Waals surface area contributed by atoms with Crippen molar-refractivity contribution in [2.45, 2.75) is 18.3 Å². The van der Waals surface area contributed by atoms with Crippen molar-refractivity contribution in [1.29, 1.82) is 0 Å². The molecule has 0 aliphatic rings. The Hall–Kier alpha value is 1.26. The predicted molar refractivity (Wildman–Crippen MR) is 55.3 cm³/mol. The molecule has 0 saturated heterocycles. The van der Waals surface area contributed by atoms with Gasteiger partial charge in [-0.05, 0) is 0 Å². The van der Waals surface area contributed by atoms with E-state index in [0.29, 0.717) is 0 Å². The van der Waals surface area contributed by atoms with E-state index in [9.17, 15) is 9.36 Å². The van der Waals surface area contributed by atoms with Crippen molar-refractivity contribution in [3.05, 3.63) is 0 Å². The van der Waals surface area contributed by atoms with Crippen LogP contribution in [0.25, 0.3) is 0 Å². The van der Waals surface area contributed by atoms with E-state index >= 15 is 0 Å². The molecule has 0 heterocycles. The molecule has 0 unspecified atom stereocenters. The number of Topliss-reactive ketones (excluding diaryl/α,β-unsaturated/α-hetero) is 1. The first-order valence-electron chi connectivity index (χ1n) is 4.07. The third kappa shape index (κ3) is 8.89. The van der Waals surface area contributed by atoms with Crippen molar-refractivity contribution in [1.82, 2.24) is 0 Å². The third-order valence-corrected chi connectivity index (χ3v) is 2.10. The zero-order valence-electron chi connectivity index (χ0n) is 8.00. The van der Waals surface area contributed by atoms with Gasteiger partial charge in [0.25, 0.3) is 0 Å². The maximum absolute atomic E-state index is 10.7. The van der Waals surface area contributed by atoms with Gasteiger partial charge in [-0.3, -0.25) is 9.32 Å². The van der Waals surface area contributed by atoms with Gasteiger partial charge in [0.2, 0.25) is 0 Å². The normalized spacial score (nSPS) is 16.8. The number of aliphatic hydroxyl groups excluding tert-OH is 4. The Bertz CT molecular complexity index is 279. The minimum atomic E-state index is -4.81. The molecule has 0 aliphatic carbocycles. The maximum atomic E-state index is 10.7. The van der Waals surface area contributed by atoms with E-state index in [2.05, 4.69) is 4.52 Å². The van der Waals surface area contributed by atoms with Crippen LogP contribution in [0.15, 0.2) is 0 Å². The molecule has 0 aliphatic heterocycles. The molecule has 0 amide bonds. The van der Waals surface area contributed by atoms with E-state index in [4.69, 9.17) is 30.2 Å². The molecule has 0 radical (unpaired) electrons. The molecule has 0 bridgehead atoms. The standard InChI is InChI=1S/C6H13O9P.K.H/c7-1-3(8)5(10)6(11)4(9)2-15-16(12,13)14;;/h4-7,9-11H,1-2H2,(H2,12,13,14);;/t4-,5-,6-;;/m1../s1. The van der Waals surface area contributed by atoms with Crippen molar-refractivity contribution in [2.75, 3.05) is 13.2 Å². The monoisotopic (exact) mass is 300 g/mol. The van der Waals surface area contributed by atoms with E-state index in [1.165, 1.54) is 0 Å². The van der Waals surface area contributed by atoms with Gasteiger partial charge < -0.3 is 30.2 Å². The first-order valence-corrected chi connectivity index (χ1v) is 5.60. The van der Waals surface area contributed by atoms with Gasteiger partial charge >= 0.3 is 59.2 Å². The van der Waals surface area contributed by atoms with Gasteiger partial charge in [0.05, 0.1) is 6.61 Å². The number of carbonyl (C=O) groups is 1. The fourth-order valence-electron chi connectivity index (χ4n) is 0.766. The van der Waals surface area contributed by atoms with E-state index < -0.39 is 45.1 Å². The molecule has 0 fully saturated rings. The fourth-order valence-corrected chi connectivity index (χ4v) is 1.11. The van der Waals surface area contributed by atoms with Gasteiger partial charge in [-0.25, -0.2) is 4.57 Å². The van der Waals surface area contributed by atoms with Gasteiger partial charge in [-0.1, -0.05) is 0 Å². The summed E-state index contributed by atoms with van der Waals surface area (Å²) in [6.45, 7) is -2.01. The van der Waals surface area contributed by atoms with Crippen molar-refractivity contribution in [3.63, 3.8) is 0 Å². The Labute approximate surface area is 139 Å². The zero-order chi connectivity index (χ0) is 12.9. The van der Waals surface area contributed by atoms with Gasteiger partial charge in [0, 0.05) is 0 Å². The van der Waals surface area contributed by atoms with E-state index in [-0.39, 0.29) is 51.4 Å². The average molecular weight is 300 g/mol. The van der Waals surface area contributed by atoms with Crippen molar-refractivity contribution in [2.24, 2.45) is 0 Å². The summed E-state index contributed by atoms with van der Waals surface area (Å²) in [6.07, 6.45) is -5.94. The Morgan fingerprint density at radius 1 is 1.24 bits per heavy atom. The van der Waals surface area contributed by atoms with Crippen LogP contribution in [-0.2, 0) is 13.9 Å². The molecule has 98 valence electrons. The Morgan fingerprint density at radius 2 is 1.71 bits per heavy atom. The van der Waals surface area contributed by atoms with E-state index in [0.717, 1.165) is 0 Å². The van der Waals surface area contributed by atoms with Gasteiger partial charge in [-0.2, -0.15) is 0 Å². The van der Waals surface area contributed by atoms with Crippen LogP contribution in [0.3, 0.4) is 0 Å². The van der Waals surface area contributed by atoms with E-state index in [1.54, 1.807) is 0 Å². The summed E-state index contributed by atoms with van der Waals surface area (Å²) in [4.78, 5) is 27.2. The SMILES string of the molecule is O=C(CO)[C@@H](O)[C@H](O)[C@H](O)COP(=O)(O)O.[KH]. The molecule has 0 spiro atoms. The summed E-state index contributed by atoms with van der Waals surface area (Å²) in [7, 11) is -4.81. The van der Waals surface area contributed by atoms with Crippen LogP contribution in [0, 0.1) is 0 Å². The van der Waals surface area contributed by atoms with Crippen molar-refractivity contribution < 1.29 is 44.1 Å². The number of phosphoric acid groups is 1. The van der Waals surface area contributed by atoms with Gasteiger partial charge in [0.15, 0.2) is 5.78 Å². The number of aliphatic hydroxyl groups is 4. The molecular weight excluding hydrogens is 286 g/mol. The Balaban J connectivity index is 0. The molecule has 3 atom stereocenters. The Morgan fingerprint density at radius 3 is 2.06 bits per heavy atom. The van der Waals surface area contributed by atoms with Crippen LogP contribution in [0.2, 0.25) is 0 Å². The van der Waals surface area contributed by atoms with Crippen LogP contribution in [-0.4, -0.2) is 119 Å². The second kappa shape index (κ2) is 9.21. The first-order chi connectivity index (χ1) is 7.19. The molecular formula is C6H14KO9P. The molecule has 6 N–H and O–H groups in total. The third-order valence-electron chi connectivity index (χ3n) is 1.62. The number of rotatable bonds is 7. The molecule has 0 aromatic heterocycles. The molecule has 0 aromatic rings. The van der Waals surface area contributed by atoms with Crippen LogP contribution in [0.4, 0.5) is 0 Å². The van der Waals surface area contributed by atoms with Crippen LogP contribution in [0.1, 0.15) is 0 Å². The number of carbonyl (C=O) groups excluding carboxylic acids is 1. The van der Waals surface area contributed by atoms with Gasteiger partial charge in [0.1, 0.15) is 24.9 Å². The van der Waals surface area contributed by atoms with Crippen molar-refractivity contribution >= 4 is 65.0 Å².